The van der Waals surface area contributed by atoms with Crippen molar-refractivity contribution in [1.82, 2.24) is 19.3 Å². The minimum absolute atomic E-state index is 0.0592. The van der Waals surface area contributed by atoms with Crippen LogP contribution in [-0.2, 0) is 10.0 Å². The molecule has 0 spiro atoms. The first-order chi connectivity index (χ1) is 11.8. The van der Waals surface area contributed by atoms with Crippen LogP contribution in [-0.4, -0.2) is 53.9 Å². The van der Waals surface area contributed by atoms with Gasteiger partial charge in [-0.1, -0.05) is 28.4 Å². The van der Waals surface area contributed by atoms with E-state index in [1.165, 1.54) is 22.5 Å². The molecule has 0 bridgehead atoms. The van der Waals surface area contributed by atoms with E-state index >= 15 is 0 Å². The van der Waals surface area contributed by atoms with Gasteiger partial charge in [0.2, 0.25) is 15.9 Å². The highest BCUT2D eigenvalue weighted by Crippen LogP contribution is 2.28. The molecule has 136 valence electrons. The number of piperazine rings is 1. The van der Waals surface area contributed by atoms with Gasteiger partial charge in [0.25, 0.3) is 0 Å². The number of rotatable bonds is 4. The van der Waals surface area contributed by atoms with Crippen LogP contribution in [0.5, 0.6) is 0 Å². The van der Waals surface area contributed by atoms with Crippen molar-refractivity contribution in [2.75, 3.05) is 26.2 Å². The molecule has 1 aromatic carbocycles. The van der Waals surface area contributed by atoms with Crippen LogP contribution in [0, 0.1) is 6.92 Å². The maximum atomic E-state index is 12.8. The van der Waals surface area contributed by atoms with E-state index in [2.05, 4.69) is 15.0 Å². The second-order valence-electron chi connectivity index (χ2n) is 5.87. The summed E-state index contributed by atoms with van der Waals surface area (Å²) in [4.78, 5) is 6.51. The van der Waals surface area contributed by atoms with Gasteiger partial charge in [0.15, 0.2) is 5.82 Å². The lowest BCUT2D eigenvalue weighted by molar-refractivity contribution is 0.124. The number of hydrogen-bond donors (Lipinski definition) is 0. The maximum Gasteiger partial charge on any atom is 0.243 e. The number of nitrogens with zero attached hydrogens (tertiary/aromatic N) is 4. The monoisotopic (exact) mass is 404 g/mol. The van der Waals surface area contributed by atoms with Crippen LogP contribution in [0.15, 0.2) is 27.6 Å². The second-order valence-corrected chi connectivity index (χ2v) is 8.62. The third-order valence-electron chi connectivity index (χ3n) is 4.25. The molecular formula is C15H18Cl2N4O3S. The van der Waals surface area contributed by atoms with Gasteiger partial charge in [-0.2, -0.15) is 9.29 Å². The van der Waals surface area contributed by atoms with Crippen molar-refractivity contribution in [3.05, 3.63) is 40.0 Å². The van der Waals surface area contributed by atoms with Crippen LogP contribution < -0.4 is 0 Å². The van der Waals surface area contributed by atoms with Gasteiger partial charge in [0.05, 0.1) is 21.0 Å². The molecule has 0 N–H and O–H groups in total. The molecule has 7 nitrogen and oxygen atoms in total. The summed E-state index contributed by atoms with van der Waals surface area (Å²) in [6.45, 7) is 5.63. The second kappa shape index (κ2) is 7.20. The van der Waals surface area contributed by atoms with Crippen molar-refractivity contribution in [2.45, 2.75) is 24.8 Å². The predicted molar refractivity (Wildman–Crippen MR) is 94.2 cm³/mol. The molecule has 1 saturated heterocycles. The molecule has 0 unspecified atom stereocenters. The maximum absolute atomic E-state index is 12.8. The van der Waals surface area contributed by atoms with Crippen LogP contribution in [0.25, 0.3) is 0 Å². The summed E-state index contributed by atoms with van der Waals surface area (Å²) >= 11 is 11.8. The van der Waals surface area contributed by atoms with E-state index in [4.69, 9.17) is 27.7 Å². The molecule has 1 aliphatic rings. The summed E-state index contributed by atoms with van der Waals surface area (Å²) < 4.78 is 32.2. The van der Waals surface area contributed by atoms with E-state index in [1.54, 1.807) is 6.92 Å². The van der Waals surface area contributed by atoms with Gasteiger partial charge in [0.1, 0.15) is 0 Å². The van der Waals surface area contributed by atoms with Gasteiger partial charge >= 0.3 is 0 Å². The zero-order chi connectivity index (χ0) is 18.2. The Morgan fingerprint density at radius 1 is 1.16 bits per heavy atom. The highest BCUT2D eigenvalue weighted by atomic mass is 35.5. The molecule has 1 fully saturated rings. The van der Waals surface area contributed by atoms with Gasteiger partial charge in [-0.3, -0.25) is 4.90 Å². The summed E-state index contributed by atoms with van der Waals surface area (Å²) in [5, 5.41) is 4.35. The average molecular weight is 405 g/mol. The van der Waals surface area contributed by atoms with Gasteiger partial charge in [-0.25, -0.2) is 8.42 Å². The highest BCUT2D eigenvalue weighted by molar-refractivity contribution is 7.89. The fraction of sp³-hybridized carbons (Fsp3) is 0.467. The third-order valence-corrected chi connectivity index (χ3v) is 6.88. The van der Waals surface area contributed by atoms with Crippen molar-refractivity contribution in [2.24, 2.45) is 0 Å². The number of hydrogen-bond acceptors (Lipinski definition) is 6. The summed E-state index contributed by atoms with van der Waals surface area (Å²) in [7, 11) is -3.60. The summed E-state index contributed by atoms with van der Waals surface area (Å²) in [6, 6.07) is 4.29. The Morgan fingerprint density at radius 2 is 1.84 bits per heavy atom. The van der Waals surface area contributed by atoms with E-state index < -0.39 is 10.0 Å². The van der Waals surface area contributed by atoms with Gasteiger partial charge in [-0.05, 0) is 32.0 Å². The lowest BCUT2D eigenvalue weighted by Gasteiger charge is -2.36. The Labute approximate surface area is 156 Å². The normalized spacial score (nSPS) is 18.4. The van der Waals surface area contributed by atoms with E-state index in [0.29, 0.717) is 42.9 Å². The number of aromatic nitrogens is 2. The Bertz CT molecular complexity index is 863. The molecule has 10 heteroatoms. The van der Waals surface area contributed by atoms with Crippen LogP contribution >= 0.6 is 23.2 Å². The first kappa shape index (κ1) is 18.6. The lowest BCUT2D eigenvalue weighted by Crippen LogP contribution is -2.49. The standard InChI is InChI=1S/C15H18Cl2N4O3S/c1-10(15-18-11(2)19-24-15)20-5-7-21(8-6-20)25(22,23)12-3-4-13(16)14(17)9-12/h3-4,9-10H,5-8H2,1-2H3/t10-/m0/s1. The topological polar surface area (TPSA) is 79.5 Å². The Balaban J connectivity index is 1.69. The number of benzene rings is 1. The Morgan fingerprint density at radius 3 is 2.40 bits per heavy atom. The predicted octanol–water partition coefficient (Wildman–Crippen LogP) is 2.75. The average Bonchev–Trinajstić information content (AvgIpc) is 3.03. The molecule has 1 atom stereocenters. The number of halogens is 2. The highest BCUT2D eigenvalue weighted by Gasteiger charge is 2.32. The molecule has 1 aromatic heterocycles. The quantitative estimate of drug-likeness (QED) is 0.779. The van der Waals surface area contributed by atoms with Gasteiger partial charge in [-0.15, -0.1) is 0 Å². The third kappa shape index (κ3) is 3.83. The van der Waals surface area contributed by atoms with Crippen molar-refractivity contribution < 1.29 is 12.9 Å². The fourth-order valence-corrected chi connectivity index (χ4v) is 4.57. The molecule has 3 rings (SSSR count). The molecule has 2 aromatic rings. The first-order valence-corrected chi connectivity index (χ1v) is 9.98. The van der Waals surface area contributed by atoms with E-state index in [9.17, 15) is 8.42 Å². The van der Waals surface area contributed by atoms with Crippen LogP contribution in [0.2, 0.25) is 10.0 Å². The molecule has 0 amide bonds. The minimum atomic E-state index is -3.60. The lowest BCUT2D eigenvalue weighted by atomic mass is 10.2. The Hall–Kier alpha value is -1.19. The molecule has 0 radical (unpaired) electrons. The molecule has 0 saturated carbocycles. The largest absolute Gasteiger partial charge is 0.338 e. The molecule has 2 heterocycles. The summed E-state index contributed by atoms with van der Waals surface area (Å²) in [5.74, 6) is 1.13. The smallest absolute Gasteiger partial charge is 0.243 e. The van der Waals surface area contributed by atoms with Crippen molar-refractivity contribution in [1.29, 1.82) is 0 Å². The zero-order valence-corrected chi connectivity index (χ0v) is 16.1. The van der Waals surface area contributed by atoms with Crippen LogP contribution in [0.1, 0.15) is 24.7 Å². The molecule has 25 heavy (non-hydrogen) atoms. The summed E-state index contributed by atoms with van der Waals surface area (Å²) in [5.41, 5.74) is 0. The summed E-state index contributed by atoms with van der Waals surface area (Å²) in [6.07, 6.45) is 0. The van der Waals surface area contributed by atoms with E-state index in [1.807, 2.05) is 6.92 Å². The van der Waals surface area contributed by atoms with E-state index in [-0.39, 0.29) is 16.0 Å². The van der Waals surface area contributed by atoms with Crippen molar-refractivity contribution in [3.8, 4) is 0 Å². The fourth-order valence-electron chi connectivity index (χ4n) is 2.76. The first-order valence-electron chi connectivity index (χ1n) is 7.78. The number of sulfonamides is 1. The molecule has 1 aliphatic heterocycles. The van der Waals surface area contributed by atoms with E-state index in [0.717, 1.165) is 0 Å². The molecular weight excluding hydrogens is 387 g/mol. The molecule has 0 aliphatic carbocycles. The van der Waals surface area contributed by atoms with Gasteiger partial charge < -0.3 is 4.52 Å². The van der Waals surface area contributed by atoms with Crippen molar-refractivity contribution >= 4 is 33.2 Å². The van der Waals surface area contributed by atoms with Crippen molar-refractivity contribution in [3.63, 3.8) is 0 Å². The SMILES string of the molecule is Cc1noc([C@H](C)N2CCN(S(=O)(=O)c3ccc(Cl)c(Cl)c3)CC2)n1. The van der Waals surface area contributed by atoms with Gasteiger partial charge in [0, 0.05) is 26.2 Å². The Kier molecular flexibility index (Phi) is 5.36. The van der Waals surface area contributed by atoms with Crippen LogP contribution in [0.4, 0.5) is 0 Å². The minimum Gasteiger partial charge on any atom is -0.338 e. The number of aryl methyl sites for hydroxylation is 1. The van der Waals surface area contributed by atoms with Crippen LogP contribution in [0.3, 0.4) is 0 Å². The zero-order valence-electron chi connectivity index (χ0n) is 13.8.